The lowest BCUT2D eigenvalue weighted by molar-refractivity contribution is -0.141. The van der Waals surface area contributed by atoms with Crippen molar-refractivity contribution in [1.82, 2.24) is 5.32 Å². The van der Waals surface area contributed by atoms with E-state index in [9.17, 15) is 9.59 Å². The smallest absolute Gasteiger partial charge is 0.326 e. The third kappa shape index (κ3) is 8.04. The number of carboxylic acids is 1. The van der Waals surface area contributed by atoms with E-state index in [4.69, 9.17) is 10.8 Å². The highest BCUT2D eigenvalue weighted by Gasteiger charge is 2.20. The molecule has 17 heavy (non-hydrogen) atoms. The van der Waals surface area contributed by atoms with E-state index in [2.05, 4.69) is 5.32 Å². The van der Waals surface area contributed by atoms with Crippen molar-refractivity contribution in [3.63, 3.8) is 0 Å². The third-order valence-corrected chi connectivity index (χ3v) is 2.99. The Balaban J connectivity index is 4.07. The Bertz CT molecular complexity index is 249. The van der Waals surface area contributed by atoms with Crippen molar-refractivity contribution >= 4 is 23.6 Å². The average molecular weight is 262 g/mol. The minimum absolute atomic E-state index is 0.185. The number of carbonyl (C=O) groups is 2. The Labute approximate surface area is 107 Å². The summed E-state index contributed by atoms with van der Waals surface area (Å²) in [5, 5.41) is 11.4. The largest absolute Gasteiger partial charge is 0.480 e. The summed E-state index contributed by atoms with van der Waals surface area (Å²) in [7, 11) is 0. The predicted molar refractivity (Wildman–Crippen MR) is 70.1 cm³/mol. The monoisotopic (exact) mass is 262 g/mol. The highest BCUT2D eigenvalue weighted by Crippen LogP contribution is 2.03. The van der Waals surface area contributed by atoms with Gasteiger partial charge in [-0.25, -0.2) is 4.79 Å². The number of amides is 1. The van der Waals surface area contributed by atoms with Gasteiger partial charge in [0.15, 0.2) is 0 Å². The van der Waals surface area contributed by atoms with Gasteiger partial charge in [0.25, 0.3) is 0 Å². The minimum atomic E-state index is -0.989. The summed E-state index contributed by atoms with van der Waals surface area (Å²) in [5.74, 6) is -0.561. The van der Waals surface area contributed by atoms with Gasteiger partial charge in [0, 0.05) is 12.5 Å². The minimum Gasteiger partial charge on any atom is -0.480 e. The molecule has 0 aromatic rings. The lowest BCUT2D eigenvalue weighted by Crippen LogP contribution is -2.43. The van der Waals surface area contributed by atoms with Crippen LogP contribution in [0.5, 0.6) is 0 Å². The zero-order chi connectivity index (χ0) is 13.3. The van der Waals surface area contributed by atoms with Crippen LogP contribution in [0.2, 0.25) is 0 Å². The van der Waals surface area contributed by atoms with E-state index in [0.717, 1.165) is 12.8 Å². The van der Waals surface area contributed by atoms with E-state index in [-0.39, 0.29) is 18.4 Å². The van der Waals surface area contributed by atoms with Crippen LogP contribution in [0.25, 0.3) is 0 Å². The van der Waals surface area contributed by atoms with Crippen molar-refractivity contribution in [3.8, 4) is 0 Å². The number of hydrogen-bond donors (Lipinski definition) is 3. The fraction of sp³-hybridized carbons (Fsp3) is 0.818. The molecule has 0 fully saturated rings. The second kappa shape index (κ2) is 9.30. The maximum absolute atomic E-state index is 11.5. The number of nitrogens with two attached hydrogens (primary N) is 1. The molecule has 0 spiro atoms. The highest BCUT2D eigenvalue weighted by molar-refractivity contribution is 7.98. The van der Waals surface area contributed by atoms with E-state index >= 15 is 0 Å². The van der Waals surface area contributed by atoms with Gasteiger partial charge in [-0.3, -0.25) is 4.79 Å². The number of aliphatic carboxylic acids is 1. The van der Waals surface area contributed by atoms with Crippen molar-refractivity contribution in [2.45, 2.75) is 44.7 Å². The maximum Gasteiger partial charge on any atom is 0.326 e. The molecule has 100 valence electrons. The zero-order valence-electron chi connectivity index (χ0n) is 10.4. The van der Waals surface area contributed by atoms with E-state index in [1.807, 2.05) is 13.2 Å². The second-order valence-corrected chi connectivity index (χ2v) is 4.98. The number of carbonyl (C=O) groups excluding carboxylic acids is 1. The van der Waals surface area contributed by atoms with Crippen LogP contribution in [-0.2, 0) is 9.59 Å². The summed E-state index contributed by atoms with van der Waals surface area (Å²) in [6.45, 7) is 2.00. The molecule has 0 aliphatic carbocycles. The van der Waals surface area contributed by atoms with Crippen molar-refractivity contribution in [1.29, 1.82) is 0 Å². The molecule has 6 heteroatoms. The van der Waals surface area contributed by atoms with Crippen LogP contribution in [-0.4, -0.2) is 41.1 Å². The summed E-state index contributed by atoms with van der Waals surface area (Å²) < 4.78 is 0. The Hall–Kier alpha value is -0.750. The van der Waals surface area contributed by atoms with Gasteiger partial charge in [-0.15, -0.1) is 0 Å². The molecule has 0 bridgehead atoms. The van der Waals surface area contributed by atoms with Gasteiger partial charge in [0.1, 0.15) is 6.04 Å². The lowest BCUT2D eigenvalue weighted by Gasteiger charge is -2.16. The van der Waals surface area contributed by atoms with Gasteiger partial charge < -0.3 is 16.2 Å². The summed E-state index contributed by atoms with van der Waals surface area (Å²) in [5.41, 5.74) is 5.72. The molecule has 5 nitrogen and oxygen atoms in total. The van der Waals surface area contributed by atoms with E-state index in [1.165, 1.54) is 0 Å². The summed E-state index contributed by atoms with van der Waals surface area (Å²) >= 11 is 1.56. The Morgan fingerprint density at radius 2 is 2.06 bits per heavy atom. The molecule has 0 saturated carbocycles. The first kappa shape index (κ1) is 16.2. The maximum atomic E-state index is 11.5. The van der Waals surface area contributed by atoms with Crippen LogP contribution in [0.3, 0.4) is 0 Å². The Morgan fingerprint density at radius 1 is 1.41 bits per heavy atom. The van der Waals surface area contributed by atoms with Gasteiger partial charge in [0.2, 0.25) is 5.91 Å². The van der Waals surface area contributed by atoms with Crippen LogP contribution < -0.4 is 11.1 Å². The first-order chi connectivity index (χ1) is 8.01. The third-order valence-electron chi connectivity index (χ3n) is 2.35. The number of nitrogens with one attached hydrogen (secondary N) is 1. The number of rotatable bonds is 9. The molecule has 0 saturated heterocycles. The Kier molecular flexibility index (Phi) is 8.89. The topological polar surface area (TPSA) is 92.4 Å². The molecule has 0 aliphatic rings. The Morgan fingerprint density at radius 3 is 2.53 bits per heavy atom. The lowest BCUT2D eigenvalue weighted by atomic mass is 10.1. The number of carboxylic acid groups (broad SMARTS) is 1. The quantitative estimate of drug-likeness (QED) is 0.572. The first-order valence-corrected chi connectivity index (χ1v) is 7.17. The zero-order valence-corrected chi connectivity index (χ0v) is 11.3. The van der Waals surface area contributed by atoms with Crippen molar-refractivity contribution in [2.75, 3.05) is 12.0 Å². The van der Waals surface area contributed by atoms with Crippen molar-refractivity contribution in [3.05, 3.63) is 0 Å². The normalized spacial score (nSPS) is 14.1. The SMILES string of the molecule is CCCC(N)CC(=O)N[C@H](CCSC)C(=O)O. The molecule has 1 amide bonds. The molecular formula is C11H22N2O3S. The van der Waals surface area contributed by atoms with Gasteiger partial charge in [-0.2, -0.15) is 11.8 Å². The molecule has 0 heterocycles. The second-order valence-electron chi connectivity index (χ2n) is 3.99. The molecule has 0 aliphatic heterocycles. The van der Waals surface area contributed by atoms with Gasteiger partial charge in [-0.05, 0) is 24.9 Å². The first-order valence-electron chi connectivity index (χ1n) is 5.77. The van der Waals surface area contributed by atoms with Crippen LogP contribution in [0.1, 0.15) is 32.6 Å². The van der Waals surface area contributed by atoms with Crippen molar-refractivity contribution in [2.24, 2.45) is 5.73 Å². The fourth-order valence-electron chi connectivity index (χ4n) is 1.46. The fourth-order valence-corrected chi connectivity index (χ4v) is 1.93. The van der Waals surface area contributed by atoms with Crippen LogP contribution in [0.4, 0.5) is 0 Å². The number of thioether (sulfide) groups is 1. The van der Waals surface area contributed by atoms with Crippen molar-refractivity contribution < 1.29 is 14.7 Å². The summed E-state index contributed by atoms with van der Waals surface area (Å²) in [6.07, 6.45) is 4.22. The van der Waals surface area contributed by atoms with E-state index < -0.39 is 12.0 Å². The van der Waals surface area contributed by atoms with E-state index in [0.29, 0.717) is 12.2 Å². The van der Waals surface area contributed by atoms with Gasteiger partial charge in [0.05, 0.1) is 0 Å². The average Bonchev–Trinajstić information content (AvgIpc) is 2.23. The standard InChI is InChI=1S/C11H22N2O3S/c1-3-4-8(12)7-10(14)13-9(11(15)16)5-6-17-2/h8-9H,3-7,12H2,1-2H3,(H,13,14)(H,15,16)/t8?,9-/m1/s1. The molecule has 0 rings (SSSR count). The highest BCUT2D eigenvalue weighted by atomic mass is 32.2. The number of hydrogen-bond acceptors (Lipinski definition) is 4. The molecule has 0 aromatic carbocycles. The molecule has 2 atom stereocenters. The van der Waals surface area contributed by atoms with Gasteiger partial charge >= 0.3 is 5.97 Å². The summed E-state index contributed by atoms with van der Waals surface area (Å²) in [4.78, 5) is 22.4. The molecule has 0 radical (unpaired) electrons. The van der Waals surface area contributed by atoms with Crippen LogP contribution in [0.15, 0.2) is 0 Å². The molecule has 4 N–H and O–H groups in total. The summed E-state index contributed by atoms with van der Waals surface area (Å²) in [6, 6.07) is -0.987. The van der Waals surface area contributed by atoms with Gasteiger partial charge in [-0.1, -0.05) is 13.3 Å². The molecule has 1 unspecified atom stereocenters. The molecular weight excluding hydrogens is 240 g/mol. The predicted octanol–water partition coefficient (Wildman–Crippen LogP) is 0.826. The van der Waals surface area contributed by atoms with Crippen LogP contribution >= 0.6 is 11.8 Å². The van der Waals surface area contributed by atoms with E-state index in [1.54, 1.807) is 11.8 Å². The molecule has 0 aromatic heterocycles. The van der Waals surface area contributed by atoms with Crippen LogP contribution in [0, 0.1) is 0 Å².